The molecule has 1 aromatic heterocycles. The molecule has 0 aliphatic carbocycles. The summed E-state index contributed by atoms with van der Waals surface area (Å²) in [5, 5.41) is 9.47. The van der Waals surface area contributed by atoms with Gasteiger partial charge in [0.05, 0.1) is 5.69 Å². The van der Waals surface area contributed by atoms with Crippen molar-refractivity contribution >= 4 is 11.9 Å². The molecule has 2 N–H and O–H groups in total. The second-order valence-electron chi connectivity index (χ2n) is 3.67. The highest BCUT2D eigenvalue weighted by atomic mass is 16.3. The highest BCUT2D eigenvalue weighted by Crippen LogP contribution is 2.10. The molecule has 90 valence electrons. The van der Waals surface area contributed by atoms with Crippen LogP contribution in [0.25, 0.3) is 6.08 Å². The van der Waals surface area contributed by atoms with Gasteiger partial charge in [-0.05, 0) is 12.2 Å². The molecule has 0 amide bonds. The largest absolute Gasteiger partial charge is 0.503 e. The Morgan fingerprint density at radius 1 is 1.17 bits per heavy atom. The zero-order chi connectivity index (χ0) is 13.0. The summed E-state index contributed by atoms with van der Waals surface area (Å²) in [7, 11) is 0. The molecule has 1 aromatic carbocycles. The van der Waals surface area contributed by atoms with Gasteiger partial charge in [-0.2, -0.15) is 0 Å². The van der Waals surface area contributed by atoms with Crippen molar-refractivity contribution < 1.29 is 9.90 Å². The van der Waals surface area contributed by atoms with E-state index in [-0.39, 0.29) is 11.5 Å². The third kappa shape index (κ3) is 2.55. The van der Waals surface area contributed by atoms with Crippen LogP contribution < -0.4 is 5.43 Å². The molecule has 0 radical (unpaired) electrons. The summed E-state index contributed by atoms with van der Waals surface area (Å²) in [5.41, 5.74) is 0.277. The Bertz CT molecular complexity index is 642. The van der Waals surface area contributed by atoms with Gasteiger partial charge in [-0.3, -0.25) is 9.59 Å². The van der Waals surface area contributed by atoms with E-state index in [9.17, 15) is 14.7 Å². The zero-order valence-corrected chi connectivity index (χ0v) is 9.46. The number of hydrogen-bond donors (Lipinski definition) is 2. The van der Waals surface area contributed by atoms with Crippen molar-refractivity contribution in [1.82, 2.24) is 4.98 Å². The van der Waals surface area contributed by atoms with Gasteiger partial charge in [0.25, 0.3) is 0 Å². The topological polar surface area (TPSA) is 70.2 Å². The molecule has 18 heavy (non-hydrogen) atoms. The normalized spacial score (nSPS) is 10.7. The van der Waals surface area contributed by atoms with Crippen LogP contribution in [0.1, 0.15) is 16.1 Å². The van der Waals surface area contributed by atoms with Gasteiger partial charge in [0.2, 0.25) is 5.43 Å². The Morgan fingerprint density at radius 2 is 1.89 bits per heavy atom. The van der Waals surface area contributed by atoms with Crippen LogP contribution in [0.4, 0.5) is 0 Å². The quantitative estimate of drug-likeness (QED) is 0.637. The van der Waals surface area contributed by atoms with E-state index in [4.69, 9.17) is 0 Å². The minimum absolute atomic E-state index is 0.195. The smallest absolute Gasteiger partial charge is 0.223 e. The highest BCUT2D eigenvalue weighted by molar-refractivity contribution is 6.06. The summed E-state index contributed by atoms with van der Waals surface area (Å²) in [5.74, 6) is -0.589. The first-order valence-electron chi connectivity index (χ1n) is 5.36. The molecular formula is C14H11NO3. The predicted octanol–water partition coefficient (Wildman–Crippen LogP) is 1.98. The van der Waals surface area contributed by atoms with Crippen molar-refractivity contribution in [3.8, 4) is 5.75 Å². The number of pyridine rings is 1. The number of aromatic nitrogens is 1. The molecule has 0 aliphatic heterocycles. The summed E-state index contributed by atoms with van der Waals surface area (Å²) in [4.78, 5) is 25.6. The van der Waals surface area contributed by atoms with Crippen molar-refractivity contribution in [3.05, 3.63) is 70.2 Å². The molecule has 0 unspecified atom stereocenters. The van der Waals surface area contributed by atoms with Gasteiger partial charge in [-0.25, -0.2) is 0 Å². The fourth-order valence-corrected chi connectivity index (χ4v) is 1.47. The van der Waals surface area contributed by atoms with Crippen molar-refractivity contribution in [1.29, 1.82) is 0 Å². The summed E-state index contributed by atoms with van der Waals surface area (Å²) < 4.78 is 0. The molecule has 0 fully saturated rings. The Balaban J connectivity index is 2.24. The van der Waals surface area contributed by atoms with E-state index >= 15 is 0 Å². The van der Waals surface area contributed by atoms with Crippen LogP contribution in [0.3, 0.4) is 0 Å². The van der Waals surface area contributed by atoms with Crippen molar-refractivity contribution in [3.63, 3.8) is 0 Å². The molecule has 0 saturated carbocycles. The number of benzene rings is 1. The Morgan fingerprint density at radius 3 is 2.61 bits per heavy atom. The number of nitrogens with one attached hydrogen (secondary N) is 1. The minimum Gasteiger partial charge on any atom is -0.503 e. The monoisotopic (exact) mass is 241 g/mol. The summed E-state index contributed by atoms with van der Waals surface area (Å²) in [6.07, 6.45) is 4.10. The van der Waals surface area contributed by atoms with Crippen LogP contribution in [0.2, 0.25) is 0 Å². The van der Waals surface area contributed by atoms with E-state index in [0.29, 0.717) is 5.56 Å². The maximum Gasteiger partial charge on any atom is 0.223 e. The van der Waals surface area contributed by atoms with E-state index in [1.54, 1.807) is 24.3 Å². The Kier molecular flexibility index (Phi) is 3.38. The highest BCUT2D eigenvalue weighted by Gasteiger charge is 2.03. The lowest BCUT2D eigenvalue weighted by Crippen LogP contribution is -2.01. The molecule has 0 atom stereocenters. The lowest BCUT2D eigenvalue weighted by Gasteiger charge is -1.97. The minimum atomic E-state index is -0.486. The fourth-order valence-electron chi connectivity index (χ4n) is 1.47. The molecule has 4 heteroatoms. The first-order valence-corrected chi connectivity index (χ1v) is 5.36. The van der Waals surface area contributed by atoms with Crippen molar-refractivity contribution in [2.45, 2.75) is 0 Å². The first kappa shape index (κ1) is 11.9. The van der Waals surface area contributed by atoms with E-state index in [1.165, 1.54) is 24.4 Å². The molecule has 2 rings (SSSR count). The molecular weight excluding hydrogens is 230 g/mol. The fraction of sp³-hybridized carbons (Fsp3) is 0. The van der Waals surface area contributed by atoms with Crippen LogP contribution in [0.5, 0.6) is 5.75 Å². The molecule has 0 spiro atoms. The zero-order valence-electron chi connectivity index (χ0n) is 9.46. The number of carbonyl (C=O) groups excluding carboxylic acids is 1. The van der Waals surface area contributed by atoms with E-state index in [0.717, 1.165) is 0 Å². The molecule has 4 nitrogen and oxygen atoms in total. The molecule has 0 aliphatic rings. The van der Waals surface area contributed by atoms with Gasteiger partial charge in [0.15, 0.2) is 11.5 Å². The summed E-state index contributed by atoms with van der Waals surface area (Å²) in [6.45, 7) is 0. The molecule has 0 bridgehead atoms. The molecule has 0 saturated heterocycles. The number of aromatic hydroxyl groups is 1. The Labute approximate surface area is 103 Å². The second kappa shape index (κ2) is 5.14. The number of H-pyrrole nitrogens is 1. The van der Waals surface area contributed by atoms with Gasteiger partial charge >= 0.3 is 0 Å². The number of hydrogen-bond acceptors (Lipinski definition) is 3. The molecule has 1 heterocycles. The SMILES string of the molecule is O=C(C=Cc1[nH]ccc(=O)c1O)c1ccccc1. The average molecular weight is 241 g/mol. The number of allylic oxidation sites excluding steroid dienone is 1. The third-order valence-electron chi connectivity index (χ3n) is 2.42. The average Bonchev–Trinajstić information content (AvgIpc) is 2.41. The van der Waals surface area contributed by atoms with Crippen LogP contribution in [-0.4, -0.2) is 15.9 Å². The molecule has 2 aromatic rings. The van der Waals surface area contributed by atoms with Crippen LogP contribution in [0.15, 0.2) is 53.5 Å². The van der Waals surface area contributed by atoms with Crippen LogP contribution >= 0.6 is 0 Å². The van der Waals surface area contributed by atoms with Gasteiger partial charge in [0.1, 0.15) is 0 Å². The maximum atomic E-state index is 11.8. The number of aromatic amines is 1. The summed E-state index contributed by atoms with van der Waals surface area (Å²) >= 11 is 0. The van der Waals surface area contributed by atoms with Gasteiger partial charge in [-0.15, -0.1) is 0 Å². The second-order valence-corrected chi connectivity index (χ2v) is 3.67. The van der Waals surface area contributed by atoms with E-state index in [2.05, 4.69) is 4.98 Å². The van der Waals surface area contributed by atoms with Gasteiger partial charge in [-0.1, -0.05) is 30.3 Å². The lowest BCUT2D eigenvalue weighted by molar-refractivity contribution is 0.104. The van der Waals surface area contributed by atoms with Gasteiger partial charge < -0.3 is 10.1 Å². The standard InChI is InChI=1S/C14H11NO3/c16-12(10-4-2-1-3-5-10)7-6-11-14(18)13(17)8-9-15-11/h1-9,18H,(H,15,17). The van der Waals surface area contributed by atoms with Gasteiger partial charge in [0, 0.05) is 17.8 Å². The summed E-state index contributed by atoms with van der Waals surface area (Å²) in [6, 6.07) is 9.96. The first-order chi connectivity index (χ1) is 8.68. The predicted molar refractivity (Wildman–Crippen MR) is 68.5 cm³/mol. The third-order valence-corrected chi connectivity index (χ3v) is 2.42. The number of rotatable bonds is 3. The Hall–Kier alpha value is -2.62. The lowest BCUT2D eigenvalue weighted by atomic mass is 10.1. The number of ketones is 1. The van der Waals surface area contributed by atoms with E-state index in [1.807, 2.05) is 6.07 Å². The number of carbonyl (C=O) groups is 1. The van der Waals surface area contributed by atoms with E-state index < -0.39 is 11.2 Å². The van der Waals surface area contributed by atoms with Crippen molar-refractivity contribution in [2.24, 2.45) is 0 Å². The van der Waals surface area contributed by atoms with Crippen LogP contribution in [-0.2, 0) is 0 Å². The van der Waals surface area contributed by atoms with Crippen molar-refractivity contribution in [2.75, 3.05) is 0 Å². The maximum absolute atomic E-state index is 11.8. The van der Waals surface area contributed by atoms with Crippen LogP contribution in [0, 0.1) is 0 Å².